The molecule has 0 aliphatic carbocycles. The predicted octanol–water partition coefficient (Wildman–Crippen LogP) is 3.60. The molecule has 0 aromatic heterocycles. The predicted molar refractivity (Wildman–Crippen MR) is 74.9 cm³/mol. The zero-order chi connectivity index (χ0) is 11.3. The second-order valence-corrected chi connectivity index (χ2v) is 5.59. The Kier molecular flexibility index (Phi) is 5.61. The van der Waals surface area contributed by atoms with Crippen LogP contribution in [0.15, 0.2) is 24.3 Å². The summed E-state index contributed by atoms with van der Waals surface area (Å²) in [6.45, 7) is 4.50. The Morgan fingerprint density at radius 1 is 1.27 bits per heavy atom. The zero-order valence-electron chi connectivity index (χ0n) is 9.54. The lowest BCUT2D eigenvalue weighted by Gasteiger charge is -2.15. The van der Waals surface area contributed by atoms with Gasteiger partial charge in [0.2, 0.25) is 0 Å². The van der Waals surface area contributed by atoms with Gasteiger partial charge in [-0.05, 0) is 59.0 Å². The maximum absolute atomic E-state index is 6.12. The zero-order valence-corrected chi connectivity index (χ0v) is 11.7. The molecule has 1 aromatic rings. The van der Waals surface area contributed by atoms with E-state index in [9.17, 15) is 0 Å². The van der Waals surface area contributed by atoms with Crippen LogP contribution in [-0.4, -0.2) is 6.04 Å². The highest BCUT2D eigenvalue weighted by Gasteiger charge is 2.08. The molecule has 1 nitrogen and oxygen atoms in total. The minimum absolute atomic E-state index is 0.306. The summed E-state index contributed by atoms with van der Waals surface area (Å²) in [5.41, 5.74) is 7.47. The minimum atomic E-state index is 0.306. The van der Waals surface area contributed by atoms with E-state index in [1.54, 1.807) is 0 Å². The molecule has 2 N–H and O–H groups in total. The lowest BCUT2D eigenvalue weighted by atomic mass is 9.95. The van der Waals surface area contributed by atoms with Crippen molar-refractivity contribution in [3.05, 3.63) is 33.4 Å². The molecule has 0 bridgehead atoms. The lowest BCUT2D eigenvalue weighted by Crippen LogP contribution is -2.25. The molecule has 1 rings (SSSR count). The van der Waals surface area contributed by atoms with Crippen LogP contribution in [0.25, 0.3) is 0 Å². The van der Waals surface area contributed by atoms with Crippen LogP contribution in [0.5, 0.6) is 0 Å². The van der Waals surface area contributed by atoms with Gasteiger partial charge in [0, 0.05) is 9.61 Å². The largest absolute Gasteiger partial charge is 0.327 e. The molecule has 84 valence electrons. The average Bonchev–Trinajstić information content (AvgIpc) is 2.21. The summed E-state index contributed by atoms with van der Waals surface area (Å²) in [6, 6.07) is 8.95. The number of halogens is 1. The van der Waals surface area contributed by atoms with Crippen molar-refractivity contribution in [1.82, 2.24) is 0 Å². The molecule has 0 radical (unpaired) electrons. The van der Waals surface area contributed by atoms with Crippen molar-refractivity contribution >= 4 is 22.6 Å². The summed E-state index contributed by atoms with van der Waals surface area (Å²) in [4.78, 5) is 0. The molecule has 15 heavy (non-hydrogen) atoms. The van der Waals surface area contributed by atoms with Crippen molar-refractivity contribution < 1.29 is 0 Å². The van der Waals surface area contributed by atoms with Crippen molar-refractivity contribution in [3.8, 4) is 0 Å². The summed E-state index contributed by atoms with van der Waals surface area (Å²) >= 11 is 2.32. The van der Waals surface area contributed by atoms with Gasteiger partial charge < -0.3 is 5.73 Å². The second kappa shape index (κ2) is 6.48. The van der Waals surface area contributed by atoms with E-state index in [1.165, 1.54) is 15.6 Å². The fraction of sp³-hybridized carbons (Fsp3) is 0.538. The molecule has 2 heteroatoms. The van der Waals surface area contributed by atoms with Gasteiger partial charge >= 0.3 is 0 Å². The summed E-state index contributed by atoms with van der Waals surface area (Å²) in [6.07, 6.45) is 3.35. The Morgan fingerprint density at radius 2 is 1.87 bits per heavy atom. The van der Waals surface area contributed by atoms with Crippen LogP contribution in [0.3, 0.4) is 0 Å². The van der Waals surface area contributed by atoms with Crippen LogP contribution >= 0.6 is 22.6 Å². The van der Waals surface area contributed by atoms with Gasteiger partial charge in [-0.2, -0.15) is 0 Å². The first kappa shape index (κ1) is 13.0. The topological polar surface area (TPSA) is 26.0 Å². The van der Waals surface area contributed by atoms with Crippen molar-refractivity contribution in [2.75, 3.05) is 0 Å². The molecule has 1 aromatic carbocycles. The van der Waals surface area contributed by atoms with Gasteiger partial charge in [0.15, 0.2) is 0 Å². The van der Waals surface area contributed by atoms with E-state index >= 15 is 0 Å². The molecule has 0 spiro atoms. The molecular formula is C13H20IN. The maximum Gasteiger partial charge on any atom is 0.0130 e. The average molecular weight is 317 g/mol. The molecule has 0 saturated carbocycles. The first-order valence-corrected chi connectivity index (χ1v) is 6.69. The fourth-order valence-corrected chi connectivity index (χ4v) is 2.05. The van der Waals surface area contributed by atoms with Gasteiger partial charge in [0.25, 0.3) is 0 Å². The first-order valence-electron chi connectivity index (χ1n) is 5.61. The van der Waals surface area contributed by atoms with Gasteiger partial charge in [-0.15, -0.1) is 0 Å². The summed E-state index contributed by atoms with van der Waals surface area (Å²) in [7, 11) is 0. The van der Waals surface area contributed by atoms with Crippen LogP contribution in [0.1, 0.15) is 32.3 Å². The van der Waals surface area contributed by atoms with Crippen molar-refractivity contribution in [2.24, 2.45) is 11.7 Å². The van der Waals surface area contributed by atoms with E-state index in [2.05, 4.69) is 60.7 Å². The standard InChI is InChI=1S/C13H20IN/c1-3-10(2)8-13(15)9-11-4-6-12(14)7-5-11/h4-7,10,13H,3,8-9,15H2,1-2H3. The monoisotopic (exact) mass is 317 g/mol. The van der Waals surface area contributed by atoms with Gasteiger partial charge in [-0.25, -0.2) is 0 Å². The molecule has 0 aliphatic rings. The third-order valence-electron chi connectivity index (χ3n) is 2.81. The Labute approximate surface area is 107 Å². The van der Waals surface area contributed by atoms with Gasteiger partial charge in [0.1, 0.15) is 0 Å². The smallest absolute Gasteiger partial charge is 0.0130 e. The molecule has 0 aliphatic heterocycles. The molecule has 0 amide bonds. The van der Waals surface area contributed by atoms with Crippen LogP contribution in [0, 0.1) is 9.49 Å². The highest BCUT2D eigenvalue weighted by Crippen LogP contribution is 2.13. The Balaban J connectivity index is 2.44. The molecule has 0 saturated heterocycles. The van der Waals surface area contributed by atoms with Crippen LogP contribution < -0.4 is 5.73 Å². The normalized spacial score (nSPS) is 14.9. The number of nitrogens with two attached hydrogens (primary N) is 1. The molecule has 0 fully saturated rings. The number of hydrogen-bond donors (Lipinski definition) is 1. The van der Waals surface area contributed by atoms with E-state index in [1.807, 2.05) is 0 Å². The number of benzene rings is 1. The van der Waals surface area contributed by atoms with Crippen LogP contribution in [0.4, 0.5) is 0 Å². The number of hydrogen-bond acceptors (Lipinski definition) is 1. The summed E-state index contributed by atoms with van der Waals surface area (Å²) in [5.74, 6) is 0.740. The van der Waals surface area contributed by atoms with Crippen molar-refractivity contribution in [3.63, 3.8) is 0 Å². The number of rotatable bonds is 5. The van der Waals surface area contributed by atoms with E-state index < -0.39 is 0 Å². The van der Waals surface area contributed by atoms with E-state index in [0.717, 1.165) is 18.8 Å². The Morgan fingerprint density at radius 3 is 2.40 bits per heavy atom. The third kappa shape index (κ3) is 4.98. The molecule has 2 atom stereocenters. The van der Waals surface area contributed by atoms with Crippen molar-refractivity contribution in [2.45, 2.75) is 39.2 Å². The highest BCUT2D eigenvalue weighted by molar-refractivity contribution is 14.1. The minimum Gasteiger partial charge on any atom is -0.327 e. The Hall–Kier alpha value is -0.0900. The lowest BCUT2D eigenvalue weighted by molar-refractivity contribution is 0.450. The van der Waals surface area contributed by atoms with Crippen LogP contribution in [-0.2, 0) is 6.42 Å². The third-order valence-corrected chi connectivity index (χ3v) is 3.53. The van der Waals surface area contributed by atoms with E-state index in [-0.39, 0.29) is 0 Å². The SMILES string of the molecule is CCC(C)CC(N)Cc1ccc(I)cc1. The van der Waals surface area contributed by atoms with E-state index in [0.29, 0.717) is 6.04 Å². The maximum atomic E-state index is 6.12. The van der Waals surface area contributed by atoms with Crippen LogP contribution in [0.2, 0.25) is 0 Å². The molecule has 2 unspecified atom stereocenters. The summed E-state index contributed by atoms with van der Waals surface area (Å²) < 4.78 is 1.28. The van der Waals surface area contributed by atoms with Gasteiger partial charge in [-0.1, -0.05) is 32.4 Å². The van der Waals surface area contributed by atoms with Gasteiger partial charge in [0.05, 0.1) is 0 Å². The summed E-state index contributed by atoms with van der Waals surface area (Å²) in [5, 5.41) is 0. The quantitative estimate of drug-likeness (QED) is 0.825. The highest BCUT2D eigenvalue weighted by atomic mass is 127. The van der Waals surface area contributed by atoms with E-state index in [4.69, 9.17) is 5.73 Å². The first-order chi connectivity index (χ1) is 7.11. The fourth-order valence-electron chi connectivity index (χ4n) is 1.69. The molecule has 0 heterocycles. The second-order valence-electron chi connectivity index (χ2n) is 4.34. The Bertz CT molecular complexity index is 281. The van der Waals surface area contributed by atoms with Gasteiger partial charge in [-0.3, -0.25) is 0 Å². The molecular weight excluding hydrogens is 297 g/mol. The van der Waals surface area contributed by atoms with Crippen molar-refractivity contribution in [1.29, 1.82) is 0 Å².